The predicted octanol–water partition coefficient (Wildman–Crippen LogP) is 3.34. The Kier molecular flexibility index (Phi) is 4.34. The summed E-state index contributed by atoms with van der Waals surface area (Å²) in [6, 6.07) is 8.31. The Morgan fingerprint density at radius 1 is 1.27 bits per heavy atom. The van der Waals surface area contributed by atoms with Crippen LogP contribution in [0, 0.1) is 6.92 Å². The fraction of sp³-hybridized carbons (Fsp3) is 0.471. The molecule has 1 saturated heterocycles. The normalized spacial score (nSPS) is 18.6. The van der Waals surface area contributed by atoms with E-state index in [2.05, 4.69) is 16.1 Å². The van der Waals surface area contributed by atoms with Crippen molar-refractivity contribution in [3.8, 4) is 11.5 Å². The van der Waals surface area contributed by atoms with Gasteiger partial charge < -0.3 is 14.0 Å². The van der Waals surface area contributed by atoms with Gasteiger partial charge in [-0.2, -0.15) is 0 Å². The summed E-state index contributed by atoms with van der Waals surface area (Å²) in [6.45, 7) is 3.84. The molecule has 2 heterocycles. The van der Waals surface area contributed by atoms with Crippen molar-refractivity contribution >= 4 is 0 Å². The van der Waals surface area contributed by atoms with Crippen LogP contribution in [-0.2, 0) is 6.54 Å². The molecule has 1 atom stereocenters. The van der Waals surface area contributed by atoms with Gasteiger partial charge in [-0.3, -0.25) is 4.90 Å². The molecule has 2 aromatic rings. The molecule has 5 heteroatoms. The summed E-state index contributed by atoms with van der Waals surface area (Å²) in [5.41, 5.74) is 2.09. The second-order valence-electron chi connectivity index (χ2n) is 5.68. The topological polar surface area (TPSA) is 47.7 Å². The fourth-order valence-electron chi connectivity index (χ4n) is 3.08. The second kappa shape index (κ2) is 6.40. The zero-order valence-electron chi connectivity index (χ0n) is 13.3. The molecular formula is C17H22N2O3. The molecule has 0 amide bonds. The number of ether oxygens (including phenoxy) is 2. The van der Waals surface area contributed by atoms with Gasteiger partial charge in [-0.15, -0.1) is 0 Å². The quantitative estimate of drug-likeness (QED) is 0.848. The van der Waals surface area contributed by atoms with Gasteiger partial charge in [0, 0.05) is 24.2 Å². The van der Waals surface area contributed by atoms with Crippen LogP contribution in [0.15, 0.2) is 28.8 Å². The summed E-state index contributed by atoms with van der Waals surface area (Å²) in [6.07, 6.45) is 2.27. The monoisotopic (exact) mass is 302 g/mol. The van der Waals surface area contributed by atoms with E-state index in [0.29, 0.717) is 6.04 Å². The van der Waals surface area contributed by atoms with Crippen LogP contribution in [0.5, 0.6) is 11.5 Å². The van der Waals surface area contributed by atoms with Gasteiger partial charge in [0.05, 0.1) is 26.0 Å². The number of aryl methyl sites for hydroxylation is 1. The summed E-state index contributed by atoms with van der Waals surface area (Å²) in [5.74, 6) is 2.63. The van der Waals surface area contributed by atoms with Gasteiger partial charge in [0.1, 0.15) is 11.5 Å². The molecule has 0 saturated carbocycles. The van der Waals surface area contributed by atoms with Gasteiger partial charge in [0.2, 0.25) is 0 Å². The second-order valence-corrected chi connectivity index (χ2v) is 5.68. The zero-order valence-corrected chi connectivity index (χ0v) is 13.3. The molecule has 118 valence electrons. The Hall–Kier alpha value is -2.01. The maximum Gasteiger partial charge on any atom is 0.154 e. The highest BCUT2D eigenvalue weighted by Gasteiger charge is 2.29. The SMILES string of the molecule is COc1ccc(CN2CCC[C@H]2c2cc(C)no2)c(OC)c1. The molecule has 1 aromatic heterocycles. The van der Waals surface area contributed by atoms with Gasteiger partial charge >= 0.3 is 0 Å². The van der Waals surface area contributed by atoms with Gasteiger partial charge in [-0.05, 0) is 32.4 Å². The molecular weight excluding hydrogens is 280 g/mol. The summed E-state index contributed by atoms with van der Waals surface area (Å²) in [4.78, 5) is 2.42. The molecule has 3 rings (SSSR count). The van der Waals surface area contributed by atoms with Crippen molar-refractivity contribution in [2.24, 2.45) is 0 Å². The van der Waals surface area contributed by atoms with Crippen molar-refractivity contribution in [3.63, 3.8) is 0 Å². The lowest BCUT2D eigenvalue weighted by atomic mass is 10.1. The Labute approximate surface area is 130 Å². The molecule has 0 N–H and O–H groups in total. The Bertz CT molecular complexity index is 639. The van der Waals surface area contributed by atoms with E-state index >= 15 is 0 Å². The molecule has 0 unspecified atom stereocenters. The Balaban J connectivity index is 1.80. The van der Waals surface area contributed by atoms with Crippen LogP contribution in [0.1, 0.15) is 35.9 Å². The lowest BCUT2D eigenvalue weighted by Gasteiger charge is -2.23. The van der Waals surface area contributed by atoms with E-state index < -0.39 is 0 Å². The predicted molar refractivity (Wildman–Crippen MR) is 83.2 cm³/mol. The summed E-state index contributed by atoms with van der Waals surface area (Å²) >= 11 is 0. The average Bonchev–Trinajstić information content (AvgIpc) is 3.16. The van der Waals surface area contributed by atoms with E-state index in [-0.39, 0.29) is 0 Å². The number of benzene rings is 1. The standard InChI is InChI=1S/C17H22N2O3/c1-12-9-17(22-18-12)15-5-4-8-19(15)11-13-6-7-14(20-2)10-16(13)21-3/h6-7,9-10,15H,4-5,8,11H2,1-3H3/t15-/m0/s1. The number of hydrogen-bond acceptors (Lipinski definition) is 5. The first-order valence-electron chi connectivity index (χ1n) is 7.59. The minimum Gasteiger partial charge on any atom is -0.497 e. The van der Waals surface area contributed by atoms with E-state index in [9.17, 15) is 0 Å². The number of methoxy groups -OCH3 is 2. The first kappa shape index (κ1) is 14.9. The highest BCUT2D eigenvalue weighted by molar-refractivity contribution is 5.40. The molecule has 1 fully saturated rings. The van der Waals surface area contributed by atoms with E-state index in [4.69, 9.17) is 14.0 Å². The first-order valence-corrected chi connectivity index (χ1v) is 7.59. The van der Waals surface area contributed by atoms with Crippen molar-refractivity contribution < 1.29 is 14.0 Å². The van der Waals surface area contributed by atoms with Crippen molar-refractivity contribution in [3.05, 3.63) is 41.3 Å². The largest absolute Gasteiger partial charge is 0.497 e. The molecule has 1 aliphatic heterocycles. The third-order valence-corrected chi connectivity index (χ3v) is 4.21. The number of hydrogen-bond donors (Lipinski definition) is 0. The lowest BCUT2D eigenvalue weighted by Crippen LogP contribution is -2.22. The third kappa shape index (κ3) is 2.95. The molecule has 1 aliphatic rings. The van der Waals surface area contributed by atoms with Crippen LogP contribution < -0.4 is 9.47 Å². The van der Waals surface area contributed by atoms with E-state index in [1.54, 1.807) is 14.2 Å². The van der Waals surface area contributed by atoms with E-state index in [1.165, 1.54) is 6.42 Å². The van der Waals surface area contributed by atoms with Crippen LogP contribution in [0.4, 0.5) is 0 Å². The van der Waals surface area contributed by atoms with Gasteiger partial charge in [0.15, 0.2) is 5.76 Å². The average molecular weight is 302 g/mol. The molecule has 0 spiro atoms. The molecule has 0 bridgehead atoms. The summed E-state index contributed by atoms with van der Waals surface area (Å²) in [7, 11) is 3.36. The number of nitrogens with zero attached hydrogens (tertiary/aromatic N) is 2. The van der Waals surface area contributed by atoms with Gasteiger partial charge in [-0.1, -0.05) is 11.2 Å². The zero-order chi connectivity index (χ0) is 15.5. The highest BCUT2D eigenvalue weighted by atomic mass is 16.5. The number of likely N-dealkylation sites (tertiary alicyclic amines) is 1. The molecule has 0 radical (unpaired) electrons. The van der Waals surface area contributed by atoms with Crippen molar-refractivity contribution in [2.45, 2.75) is 32.4 Å². The van der Waals surface area contributed by atoms with E-state index in [0.717, 1.165) is 48.0 Å². The van der Waals surface area contributed by atoms with Crippen LogP contribution in [0.3, 0.4) is 0 Å². The minimum absolute atomic E-state index is 0.299. The third-order valence-electron chi connectivity index (χ3n) is 4.21. The smallest absolute Gasteiger partial charge is 0.154 e. The summed E-state index contributed by atoms with van der Waals surface area (Å²) < 4.78 is 16.2. The molecule has 22 heavy (non-hydrogen) atoms. The van der Waals surface area contributed by atoms with E-state index in [1.807, 2.05) is 25.1 Å². The van der Waals surface area contributed by atoms with Crippen LogP contribution in [0.2, 0.25) is 0 Å². The maximum atomic E-state index is 5.50. The van der Waals surface area contributed by atoms with Gasteiger partial charge in [-0.25, -0.2) is 0 Å². The van der Waals surface area contributed by atoms with Crippen LogP contribution in [-0.4, -0.2) is 30.8 Å². The van der Waals surface area contributed by atoms with Crippen LogP contribution >= 0.6 is 0 Å². The summed E-state index contributed by atoms with van der Waals surface area (Å²) in [5, 5.41) is 4.02. The number of aromatic nitrogens is 1. The maximum absolute atomic E-state index is 5.50. The molecule has 5 nitrogen and oxygen atoms in total. The van der Waals surface area contributed by atoms with Crippen molar-refractivity contribution in [1.29, 1.82) is 0 Å². The first-order chi connectivity index (χ1) is 10.7. The Morgan fingerprint density at radius 3 is 2.82 bits per heavy atom. The van der Waals surface area contributed by atoms with Gasteiger partial charge in [0.25, 0.3) is 0 Å². The van der Waals surface area contributed by atoms with Crippen LogP contribution in [0.25, 0.3) is 0 Å². The number of rotatable bonds is 5. The fourth-order valence-corrected chi connectivity index (χ4v) is 3.08. The molecule has 0 aliphatic carbocycles. The Morgan fingerprint density at radius 2 is 2.14 bits per heavy atom. The van der Waals surface area contributed by atoms with Crippen molar-refractivity contribution in [1.82, 2.24) is 10.1 Å². The highest BCUT2D eigenvalue weighted by Crippen LogP contribution is 2.35. The molecule has 1 aromatic carbocycles. The minimum atomic E-state index is 0.299. The lowest BCUT2D eigenvalue weighted by molar-refractivity contribution is 0.204. The van der Waals surface area contributed by atoms with Crippen molar-refractivity contribution in [2.75, 3.05) is 20.8 Å².